The van der Waals surface area contributed by atoms with Crippen LogP contribution in [0.25, 0.3) is 0 Å². The van der Waals surface area contributed by atoms with Crippen molar-refractivity contribution in [3.05, 3.63) is 11.7 Å². The zero-order valence-corrected chi connectivity index (χ0v) is 14.8. The number of aromatic nitrogens is 2. The zero-order valence-electron chi connectivity index (χ0n) is 14.8. The molecule has 1 aromatic heterocycles. The molecule has 2 saturated heterocycles. The number of amides is 1. The molecule has 0 aliphatic carbocycles. The van der Waals surface area contributed by atoms with Crippen molar-refractivity contribution in [2.75, 3.05) is 26.7 Å². The first-order chi connectivity index (χ1) is 10.8. The van der Waals surface area contributed by atoms with Gasteiger partial charge in [0.25, 0.3) is 0 Å². The second-order valence-electron chi connectivity index (χ2n) is 7.65. The number of hydrogen-bond acceptors (Lipinski definition) is 5. The van der Waals surface area contributed by atoms with E-state index in [1.54, 1.807) is 0 Å². The number of aryl methyl sites for hydroxylation is 1. The van der Waals surface area contributed by atoms with Crippen LogP contribution >= 0.6 is 0 Å². The van der Waals surface area contributed by atoms with E-state index in [0.29, 0.717) is 11.7 Å². The lowest BCUT2D eigenvalue weighted by molar-refractivity contribution is -0.146. The number of likely N-dealkylation sites (tertiary alicyclic amines) is 2. The highest BCUT2D eigenvalue weighted by Gasteiger charge is 2.44. The highest BCUT2D eigenvalue weighted by molar-refractivity contribution is 5.86. The number of carbonyl (C=O) groups is 1. The maximum Gasteiger partial charge on any atom is 0.242 e. The second-order valence-corrected chi connectivity index (χ2v) is 7.65. The zero-order chi connectivity index (χ0) is 16.7. The molecule has 0 aromatic carbocycles. The average molecular weight is 320 g/mol. The van der Waals surface area contributed by atoms with E-state index in [0.717, 1.165) is 45.3 Å². The number of piperidine rings is 2. The minimum atomic E-state index is -0.340. The third-order valence-corrected chi connectivity index (χ3v) is 5.91. The summed E-state index contributed by atoms with van der Waals surface area (Å²) in [6, 6.07) is 0. The number of nitrogens with zero attached hydrogens (tertiary/aromatic N) is 4. The fraction of sp³-hybridized carbons (Fsp3) is 0.824. The standard InChI is InChI=1S/C17H28N4O2/c1-13-18-14(23-19-13)16(2)8-11-21(12-9-16)15(22)17(3)7-5-6-10-20(17)4/h5-12H2,1-4H3. The molecule has 1 atom stereocenters. The topological polar surface area (TPSA) is 62.5 Å². The second kappa shape index (κ2) is 5.89. The Kier molecular flexibility index (Phi) is 4.21. The van der Waals surface area contributed by atoms with Crippen LogP contribution in [0.3, 0.4) is 0 Å². The summed E-state index contributed by atoms with van der Waals surface area (Å²) in [4.78, 5) is 21.7. The number of rotatable bonds is 2. The third-order valence-electron chi connectivity index (χ3n) is 5.91. The van der Waals surface area contributed by atoms with Gasteiger partial charge in [-0.25, -0.2) is 0 Å². The molecule has 3 heterocycles. The molecule has 0 N–H and O–H groups in total. The van der Waals surface area contributed by atoms with Crippen molar-refractivity contribution >= 4 is 5.91 Å². The summed E-state index contributed by atoms with van der Waals surface area (Å²) in [5.41, 5.74) is -0.454. The van der Waals surface area contributed by atoms with E-state index in [-0.39, 0.29) is 16.9 Å². The first-order valence-electron chi connectivity index (χ1n) is 8.67. The quantitative estimate of drug-likeness (QED) is 0.835. The van der Waals surface area contributed by atoms with Crippen LogP contribution in [0.4, 0.5) is 0 Å². The molecule has 0 spiro atoms. The van der Waals surface area contributed by atoms with E-state index in [1.807, 2.05) is 11.8 Å². The van der Waals surface area contributed by atoms with Gasteiger partial charge in [0, 0.05) is 13.1 Å². The molecule has 2 aliphatic heterocycles. The number of likely N-dealkylation sites (N-methyl/N-ethyl adjacent to an activating group) is 1. The van der Waals surface area contributed by atoms with Gasteiger partial charge in [-0.3, -0.25) is 9.69 Å². The predicted octanol–water partition coefficient (Wildman–Crippen LogP) is 2.13. The first kappa shape index (κ1) is 16.4. The summed E-state index contributed by atoms with van der Waals surface area (Å²) >= 11 is 0. The molecule has 128 valence electrons. The van der Waals surface area contributed by atoms with Crippen molar-refractivity contribution in [2.24, 2.45) is 0 Å². The highest BCUT2D eigenvalue weighted by atomic mass is 16.5. The van der Waals surface area contributed by atoms with Gasteiger partial charge in [0.15, 0.2) is 5.82 Å². The van der Waals surface area contributed by atoms with E-state index in [4.69, 9.17) is 4.52 Å². The van der Waals surface area contributed by atoms with Gasteiger partial charge in [0.05, 0.1) is 11.0 Å². The van der Waals surface area contributed by atoms with Crippen molar-refractivity contribution in [1.82, 2.24) is 19.9 Å². The smallest absolute Gasteiger partial charge is 0.242 e. The maximum absolute atomic E-state index is 13.1. The molecule has 2 fully saturated rings. The fourth-order valence-electron chi connectivity index (χ4n) is 3.83. The predicted molar refractivity (Wildman–Crippen MR) is 87.1 cm³/mol. The largest absolute Gasteiger partial charge is 0.341 e. The SMILES string of the molecule is Cc1noc(C2(C)CCN(C(=O)C3(C)CCCCN3C)CC2)n1. The lowest BCUT2D eigenvalue weighted by atomic mass is 9.79. The van der Waals surface area contributed by atoms with Gasteiger partial charge in [-0.1, -0.05) is 12.1 Å². The Morgan fingerprint density at radius 1 is 1.13 bits per heavy atom. The highest BCUT2D eigenvalue weighted by Crippen LogP contribution is 2.36. The molecular weight excluding hydrogens is 292 g/mol. The van der Waals surface area contributed by atoms with Crippen LogP contribution in [0.15, 0.2) is 4.52 Å². The Morgan fingerprint density at radius 3 is 2.39 bits per heavy atom. The molecule has 0 bridgehead atoms. The van der Waals surface area contributed by atoms with Crippen LogP contribution < -0.4 is 0 Å². The van der Waals surface area contributed by atoms with Crippen molar-refractivity contribution in [2.45, 2.75) is 63.8 Å². The van der Waals surface area contributed by atoms with Crippen LogP contribution in [0.2, 0.25) is 0 Å². The van der Waals surface area contributed by atoms with Gasteiger partial charge in [0.2, 0.25) is 11.8 Å². The van der Waals surface area contributed by atoms with Gasteiger partial charge >= 0.3 is 0 Å². The van der Waals surface area contributed by atoms with Crippen LogP contribution in [-0.2, 0) is 10.2 Å². The van der Waals surface area contributed by atoms with Gasteiger partial charge in [-0.05, 0) is 59.5 Å². The summed E-state index contributed by atoms with van der Waals surface area (Å²) in [5.74, 6) is 1.67. The molecule has 6 heteroatoms. The summed E-state index contributed by atoms with van der Waals surface area (Å²) in [6.07, 6.45) is 5.03. The maximum atomic E-state index is 13.1. The molecular formula is C17H28N4O2. The fourth-order valence-corrected chi connectivity index (χ4v) is 3.83. The number of hydrogen-bond donors (Lipinski definition) is 0. The van der Waals surface area contributed by atoms with Crippen LogP contribution in [0.1, 0.15) is 57.7 Å². The molecule has 0 saturated carbocycles. The van der Waals surface area contributed by atoms with Crippen LogP contribution in [0.5, 0.6) is 0 Å². The number of carbonyl (C=O) groups excluding carboxylic acids is 1. The van der Waals surface area contributed by atoms with Crippen LogP contribution in [0, 0.1) is 6.92 Å². The van der Waals surface area contributed by atoms with Crippen molar-refractivity contribution in [3.63, 3.8) is 0 Å². The molecule has 2 aliphatic rings. The minimum Gasteiger partial charge on any atom is -0.341 e. The normalized spacial score (nSPS) is 28.8. The lowest BCUT2D eigenvalue weighted by Gasteiger charge is -2.46. The van der Waals surface area contributed by atoms with Crippen molar-refractivity contribution < 1.29 is 9.32 Å². The summed E-state index contributed by atoms with van der Waals surface area (Å²) in [6.45, 7) is 8.64. The summed E-state index contributed by atoms with van der Waals surface area (Å²) < 4.78 is 5.38. The van der Waals surface area contributed by atoms with Gasteiger partial charge < -0.3 is 9.42 Å². The Bertz CT molecular complexity index is 577. The Hall–Kier alpha value is -1.43. The Balaban J connectivity index is 1.68. The lowest BCUT2D eigenvalue weighted by Crippen LogP contribution is -2.60. The third kappa shape index (κ3) is 2.89. The van der Waals surface area contributed by atoms with Crippen LogP contribution in [-0.4, -0.2) is 58.1 Å². The monoisotopic (exact) mass is 320 g/mol. The summed E-state index contributed by atoms with van der Waals surface area (Å²) in [7, 11) is 2.08. The summed E-state index contributed by atoms with van der Waals surface area (Å²) in [5, 5.41) is 3.91. The molecule has 23 heavy (non-hydrogen) atoms. The Morgan fingerprint density at radius 2 is 1.83 bits per heavy atom. The molecule has 0 radical (unpaired) electrons. The van der Waals surface area contributed by atoms with Crippen molar-refractivity contribution in [3.8, 4) is 0 Å². The van der Waals surface area contributed by atoms with Gasteiger partial charge in [0.1, 0.15) is 0 Å². The van der Waals surface area contributed by atoms with Gasteiger partial charge in [-0.2, -0.15) is 4.98 Å². The van der Waals surface area contributed by atoms with Crippen molar-refractivity contribution in [1.29, 1.82) is 0 Å². The first-order valence-corrected chi connectivity index (χ1v) is 8.67. The Labute approximate surface area is 138 Å². The average Bonchev–Trinajstić information content (AvgIpc) is 2.98. The van der Waals surface area contributed by atoms with E-state index in [2.05, 4.69) is 35.9 Å². The molecule has 1 amide bonds. The molecule has 1 aromatic rings. The van der Waals surface area contributed by atoms with E-state index in [9.17, 15) is 4.79 Å². The van der Waals surface area contributed by atoms with Gasteiger partial charge in [-0.15, -0.1) is 0 Å². The molecule has 1 unspecified atom stereocenters. The van der Waals surface area contributed by atoms with E-state index < -0.39 is 0 Å². The molecule has 3 rings (SSSR count). The minimum absolute atomic E-state index is 0.114. The van der Waals surface area contributed by atoms with E-state index >= 15 is 0 Å². The molecule has 6 nitrogen and oxygen atoms in total. The van der Waals surface area contributed by atoms with E-state index in [1.165, 1.54) is 6.42 Å².